The number of nitrogens with zero attached hydrogens (tertiary/aromatic N) is 4. The van der Waals surface area contributed by atoms with Crippen LogP contribution in [0.2, 0.25) is 5.02 Å². The molecule has 0 N–H and O–H groups in total. The third-order valence-electron chi connectivity index (χ3n) is 2.82. The van der Waals surface area contributed by atoms with Gasteiger partial charge in [0.05, 0.1) is 28.5 Å². The molecule has 0 aliphatic heterocycles. The Kier molecular flexibility index (Phi) is 2.90. The van der Waals surface area contributed by atoms with Crippen molar-refractivity contribution in [1.82, 2.24) is 14.5 Å². The van der Waals surface area contributed by atoms with Crippen LogP contribution in [0.4, 0.5) is 0 Å². The van der Waals surface area contributed by atoms with E-state index in [4.69, 9.17) is 16.9 Å². The van der Waals surface area contributed by atoms with Crippen molar-refractivity contribution in [2.24, 2.45) is 0 Å². The van der Waals surface area contributed by atoms with E-state index in [1.165, 1.54) is 0 Å². The van der Waals surface area contributed by atoms with Gasteiger partial charge in [0, 0.05) is 6.20 Å². The van der Waals surface area contributed by atoms with Crippen LogP contribution >= 0.6 is 11.6 Å². The Labute approximate surface area is 114 Å². The van der Waals surface area contributed by atoms with Gasteiger partial charge in [-0.25, -0.2) is 9.97 Å². The van der Waals surface area contributed by atoms with E-state index in [9.17, 15) is 0 Å². The molecule has 0 radical (unpaired) electrons. The van der Waals surface area contributed by atoms with Crippen LogP contribution in [-0.2, 0) is 6.42 Å². The summed E-state index contributed by atoms with van der Waals surface area (Å²) in [7, 11) is 0. The first-order chi connectivity index (χ1) is 9.31. The van der Waals surface area contributed by atoms with Gasteiger partial charge in [-0.3, -0.25) is 4.57 Å². The van der Waals surface area contributed by atoms with E-state index in [1.54, 1.807) is 18.3 Å². The van der Waals surface area contributed by atoms with Crippen LogP contribution < -0.4 is 0 Å². The first kappa shape index (κ1) is 11.7. The van der Waals surface area contributed by atoms with Crippen molar-refractivity contribution >= 4 is 22.6 Å². The lowest BCUT2D eigenvalue weighted by molar-refractivity contribution is 0.922. The maximum atomic E-state index is 8.93. The minimum atomic E-state index is 0.210. The summed E-state index contributed by atoms with van der Waals surface area (Å²) in [4.78, 5) is 8.76. The van der Waals surface area contributed by atoms with Gasteiger partial charge in [-0.15, -0.1) is 0 Å². The molecule has 3 rings (SSSR count). The Morgan fingerprint density at radius 2 is 2.05 bits per heavy atom. The van der Waals surface area contributed by atoms with Gasteiger partial charge in [0.25, 0.3) is 0 Å². The van der Waals surface area contributed by atoms with Gasteiger partial charge >= 0.3 is 0 Å². The second-order valence-corrected chi connectivity index (χ2v) is 4.40. The Hall–Kier alpha value is -2.38. The smallest absolute Gasteiger partial charge is 0.157 e. The van der Waals surface area contributed by atoms with Gasteiger partial charge in [-0.2, -0.15) is 5.26 Å². The highest BCUT2D eigenvalue weighted by molar-refractivity contribution is 6.32. The van der Waals surface area contributed by atoms with Gasteiger partial charge in [0.1, 0.15) is 5.82 Å². The third kappa shape index (κ3) is 1.94. The number of rotatable bonds is 2. The van der Waals surface area contributed by atoms with Gasteiger partial charge < -0.3 is 0 Å². The maximum absolute atomic E-state index is 8.93. The van der Waals surface area contributed by atoms with E-state index in [0.29, 0.717) is 16.7 Å². The number of nitriles is 1. The molecule has 0 amide bonds. The van der Waals surface area contributed by atoms with Crippen LogP contribution in [0, 0.1) is 11.3 Å². The summed E-state index contributed by atoms with van der Waals surface area (Å²) in [6, 6.07) is 13.3. The molecule has 1 aromatic carbocycles. The number of halogens is 1. The predicted molar refractivity (Wildman–Crippen MR) is 73.2 cm³/mol. The average Bonchev–Trinajstić information content (AvgIpc) is 2.78. The minimum Gasteiger partial charge on any atom is -0.278 e. The summed E-state index contributed by atoms with van der Waals surface area (Å²) in [5.41, 5.74) is 1.72. The minimum absolute atomic E-state index is 0.210. The molecule has 0 atom stereocenters. The Bertz CT molecular complexity index is 785. The van der Waals surface area contributed by atoms with E-state index in [-0.39, 0.29) is 6.42 Å². The van der Waals surface area contributed by atoms with E-state index in [0.717, 1.165) is 11.0 Å². The zero-order chi connectivity index (χ0) is 13.2. The quantitative estimate of drug-likeness (QED) is 0.717. The molecule has 0 saturated carbocycles. The summed E-state index contributed by atoms with van der Waals surface area (Å²) in [5.74, 6) is 1.24. The van der Waals surface area contributed by atoms with Crippen LogP contribution in [-0.4, -0.2) is 14.5 Å². The van der Waals surface area contributed by atoms with E-state index >= 15 is 0 Å². The summed E-state index contributed by atoms with van der Waals surface area (Å²) >= 11 is 6.19. The second kappa shape index (κ2) is 4.71. The van der Waals surface area contributed by atoms with Crippen LogP contribution in [0.3, 0.4) is 0 Å². The molecular weight excluding hydrogens is 260 g/mol. The number of pyridine rings is 1. The van der Waals surface area contributed by atoms with Crippen LogP contribution in [0.15, 0.2) is 42.6 Å². The molecule has 0 bridgehead atoms. The summed E-state index contributed by atoms with van der Waals surface area (Å²) < 4.78 is 1.83. The number of para-hydroxylation sites is 2. The Morgan fingerprint density at radius 1 is 1.21 bits per heavy atom. The highest BCUT2D eigenvalue weighted by Crippen LogP contribution is 2.25. The summed E-state index contributed by atoms with van der Waals surface area (Å²) in [6.45, 7) is 0. The molecule has 0 unspecified atom stereocenters. The number of aromatic nitrogens is 3. The van der Waals surface area contributed by atoms with Crippen LogP contribution in [0.5, 0.6) is 0 Å². The fourth-order valence-corrected chi connectivity index (χ4v) is 2.25. The number of imidazole rings is 1. The molecule has 0 saturated heterocycles. The number of fused-ring (bicyclic) bond motifs is 1. The molecule has 0 spiro atoms. The highest BCUT2D eigenvalue weighted by Gasteiger charge is 2.14. The highest BCUT2D eigenvalue weighted by atomic mass is 35.5. The van der Waals surface area contributed by atoms with Crippen molar-refractivity contribution in [3.05, 3.63) is 53.4 Å². The van der Waals surface area contributed by atoms with Crippen LogP contribution in [0.25, 0.3) is 16.9 Å². The fraction of sp³-hybridized carbons (Fsp3) is 0.0714. The van der Waals surface area contributed by atoms with Crippen molar-refractivity contribution in [2.75, 3.05) is 0 Å². The predicted octanol–water partition coefficient (Wildman–Crippen LogP) is 3.14. The fourth-order valence-electron chi connectivity index (χ4n) is 2.04. The Balaban J connectivity index is 2.35. The molecule has 2 aromatic heterocycles. The lowest BCUT2D eigenvalue weighted by atomic mass is 10.3. The maximum Gasteiger partial charge on any atom is 0.157 e. The number of hydrogen-bond acceptors (Lipinski definition) is 3. The largest absolute Gasteiger partial charge is 0.278 e. The Morgan fingerprint density at radius 3 is 2.84 bits per heavy atom. The molecule has 4 nitrogen and oxygen atoms in total. The van der Waals surface area contributed by atoms with Crippen molar-refractivity contribution in [3.63, 3.8) is 0 Å². The van der Waals surface area contributed by atoms with Gasteiger partial charge in [0.15, 0.2) is 5.82 Å². The van der Waals surface area contributed by atoms with Gasteiger partial charge in [-0.05, 0) is 24.3 Å². The zero-order valence-electron chi connectivity index (χ0n) is 9.92. The molecule has 0 aliphatic rings. The van der Waals surface area contributed by atoms with Crippen molar-refractivity contribution in [3.8, 4) is 11.9 Å². The normalized spacial score (nSPS) is 10.5. The van der Waals surface area contributed by atoms with Crippen molar-refractivity contribution in [2.45, 2.75) is 6.42 Å². The number of hydrogen-bond donors (Lipinski definition) is 0. The van der Waals surface area contributed by atoms with E-state index in [1.807, 2.05) is 28.8 Å². The lowest BCUT2D eigenvalue weighted by Crippen LogP contribution is -2.03. The first-order valence-electron chi connectivity index (χ1n) is 5.75. The van der Waals surface area contributed by atoms with Crippen LogP contribution in [0.1, 0.15) is 5.82 Å². The first-order valence-corrected chi connectivity index (χ1v) is 6.13. The van der Waals surface area contributed by atoms with E-state index < -0.39 is 0 Å². The second-order valence-electron chi connectivity index (χ2n) is 4.00. The van der Waals surface area contributed by atoms with Crippen molar-refractivity contribution in [1.29, 1.82) is 5.26 Å². The lowest BCUT2D eigenvalue weighted by Gasteiger charge is -2.07. The molecule has 92 valence electrons. The SMILES string of the molecule is N#CCc1nc2ccccc2n1-c1ncccc1Cl. The van der Waals surface area contributed by atoms with Gasteiger partial charge in [-0.1, -0.05) is 23.7 Å². The molecule has 19 heavy (non-hydrogen) atoms. The summed E-state index contributed by atoms with van der Waals surface area (Å²) in [5, 5.41) is 9.46. The molecule has 0 aliphatic carbocycles. The zero-order valence-corrected chi connectivity index (χ0v) is 10.7. The van der Waals surface area contributed by atoms with E-state index in [2.05, 4.69) is 16.0 Å². The number of benzene rings is 1. The standard InChI is InChI=1S/C14H9ClN4/c15-10-4-3-9-17-14(10)19-12-6-2-1-5-11(12)18-13(19)7-8-16/h1-6,9H,7H2. The topological polar surface area (TPSA) is 54.5 Å². The molecule has 0 fully saturated rings. The molecule has 2 heterocycles. The molecule has 3 aromatic rings. The third-order valence-corrected chi connectivity index (χ3v) is 3.11. The van der Waals surface area contributed by atoms with Crippen molar-refractivity contribution < 1.29 is 0 Å². The monoisotopic (exact) mass is 268 g/mol. The summed E-state index contributed by atoms with van der Waals surface area (Å²) in [6.07, 6.45) is 1.88. The molecular formula is C14H9ClN4. The average molecular weight is 269 g/mol. The van der Waals surface area contributed by atoms with Gasteiger partial charge in [0.2, 0.25) is 0 Å². The molecule has 5 heteroatoms.